The number of aliphatic hydroxyl groups is 3. The lowest BCUT2D eigenvalue weighted by atomic mass is 9.88. The Hall–Kier alpha value is -3.62. The summed E-state index contributed by atoms with van der Waals surface area (Å²) in [6.45, 7) is 3.27. The van der Waals surface area contributed by atoms with Crippen molar-refractivity contribution in [2.45, 2.75) is 44.1 Å². The van der Waals surface area contributed by atoms with Crippen LogP contribution in [0.1, 0.15) is 25.8 Å². The summed E-state index contributed by atoms with van der Waals surface area (Å²) in [5.41, 5.74) is 1.64. The molecule has 0 saturated heterocycles. The van der Waals surface area contributed by atoms with Gasteiger partial charge in [-0.05, 0) is 50.6 Å². The van der Waals surface area contributed by atoms with Gasteiger partial charge in [0.15, 0.2) is 0 Å². The van der Waals surface area contributed by atoms with Crippen molar-refractivity contribution < 1.29 is 20.3 Å². The lowest BCUT2D eigenvalue weighted by molar-refractivity contribution is -0.363. The van der Waals surface area contributed by atoms with Crippen molar-refractivity contribution in [1.29, 1.82) is 5.26 Å². The molecule has 2 heterocycles. The van der Waals surface area contributed by atoms with E-state index in [-0.39, 0.29) is 0 Å². The van der Waals surface area contributed by atoms with Crippen molar-refractivity contribution in [3.05, 3.63) is 60.3 Å². The molecule has 0 unspecified atom stereocenters. The maximum Gasteiger partial charge on any atom is 0.396 e. The Morgan fingerprint density at radius 3 is 2.64 bits per heavy atom. The molecule has 9 nitrogen and oxygen atoms in total. The lowest BCUT2D eigenvalue weighted by Gasteiger charge is -2.28. The zero-order valence-electron chi connectivity index (χ0n) is 19.8. The van der Waals surface area contributed by atoms with Gasteiger partial charge in [0.25, 0.3) is 0 Å². The fourth-order valence-electron chi connectivity index (χ4n) is 4.60. The highest BCUT2D eigenvalue weighted by Gasteiger charge is 2.48. The molecule has 2 aromatic heterocycles. The summed E-state index contributed by atoms with van der Waals surface area (Å²) in [6, 6.07) is 16.5. The summed E-state index contributed by atoms with van der Waals surface area (Å²) < 4.78 is 1.03. The van der Waals surface area contributed by atoms with Crippen molar-refractivity contribution in [2.24, 2.45) is 5.92 Å². The Balaban J connectivity index is 1.52. The fraction of sp³-hybridized carbons (Fsp3) is 0.308. The monoisotopic (exact) mass is 503 g/mol. The zero-order chi connectivity index (χ0) is 25.4. The zero-order valence-corrected chi connectivity index (χ0v) is 20.6. The number of aromatic nitrogens is 3. The quantitative estimate of drug-likeness (QED) is 0.270. The Morgan fingerprint density at radius 2 is 1.92 bits per heavy atom. The van der Waals surface area contributed by atoms with E-state index in [1.807, 2.05) is 30.3 Å². The van der Waals surface area contributed by atoms with Crippen LogP contribution in [0.4, 0.5) is 17.5 Å². The Morgan fingerprint density at radius 1 is 1.11 bits per heavy atom. The second-order valence-corrected chi connectivity index (χ2v) is 10.6. The maximum atomic E-state index is 10.8. The Bertz CT molecular complexity index is 1410. The molecule has 0 amide bonds. The van der Waals surface area contributed by atoms with Gasteiger partial charge in [0.1, 0.15) is 22.4 Å². The summed E-state index contributed by atoms with van der Waals surface area (Å²) in [5.74, 6) is 0.390. The maximum absolute atomic E-state index is 10.8. The first-order valence-electron chi connectivity index (χ1n) is 11.6. The number of nitrogens with one attached hydrogen (secondary N) is 3. The number of nitrogens with zero attached hydrogens (tertiary/aromatic N) is 3. The Kier molecular flexibility index (Phi) is 6.32. The minimum absolute atomic E-state index is 0.360. The largest absolute Gasteiger partial charge is 0.396 e. The van der Waals surface area contributed by atoms with Crippen LogP contribution in [0.5, 0.6) is 0 Å². The third kappa shape index (κ3) is 4.74. The number of fused-ring (bicyclic) bond motifs is 1. The summed E-state index contributed by atoms with van der Waals surface area (Å²) in [5, 5.41) is 48.3. The smallest absolute Gasteiger partial charge is 0.390 e. The second kappa shape index (κ2) is 9.44. The van der Waals surface area contributed by atoms with Crippen LogP contribution in [0, 0.1) is 17.2 Å². The van der Waals surface area contributed by atoms with Crippen molar-refractivity contribution in [2.75, 3.05) is 10.6 Å². The van der Waals surface area contributed by atoms with Gasteiger partial charge in [0, 0.05) is 5.92 Å². The van der Waals surface area contributed by atoms with E-state index >= 15 is 0 Å². The molecule has 36 heavy (non-hydrogen) atoms. The number of aromatic amines is 1. The highest BCUT2D eigenvalue weighted by atomic mass is 32.1. The molecule has 0 bridgehead atoms. The summed E-state index contributed by atoms with van der Waals surface area (Å²) in [7, 11) is 0. The average molecular weight is 504 g/mol. The molecule has 184 valence electrons. The minimum Gasteiger partial charge on any atom is -0.390 e. The van der Waals surface area contributed by atoms with Crippen LogP contribution >= 0.6 is 11.3 Å². The number of H-pyrrole nitrogens is 1. The van der Waals surface area contributed by atoms with Gasteiger partial charge in [0.2, 0.25) is 5.82 Å². The van der Waals surface area contributed by atoms with E-state index in [1.54, 1.807) is 38.2 Å². The normalized spacial score (nSPS) is 21.9. The van der Waals surface area contributed by atoms with Crippen LogP contribution < -0.4 is 15.6 Å². The number of thiazole rings is 1. The first kappa shape index (κ1) is 24.1. The number of rotatable bonds is 6. The number of benzene rings is 2. The van der Waals surface area contributed by atoms with Crippen LogP contribution in [0.15, 0.2) is 54.7 Å². The van der Waals surface area contributed by atoms with Gasteiger partial charge in [-0.25, -0.2) is 15.3 Å². The molecule has 0 spiro atoms. The van der Waals surface area contributed by atoms with E-state index in [0.717, 1.165) is 15.2 Å². The van der Waals surface area contributed by atoms with Crippen LogP contribution in [-0.2, 0) is 0 Å². The second-order valence-electron chi connectivity index (χ2n) is 9.54. The Labute approximate surface area is 212 Å². The van der Waals surface area contributed by atoms with E-state index in [0.29, 0.717) is 35.0 Å². The topological polar surface area (TPSA) is 148 Å². The lowest BCUT2D eigenvalue weighted by Crippen LogP contribution is -2.40. The predicted molar refractivity (Wildman–Crippen MR) is 138 cm³/mol. The van der Waals surface area contributed by atoms with Crippen molar-refractivity contribution in [3.8, 4) is 16.6 Å². The molecule has 4 atom stereocenters. The van der Waals surface area contributed by atoms with E-state index < -0.39 is 29.8 Å². The summed E-state index contributed by atoms with van der Waals surface area (Å²) in [6.07, 6.45) is -0.0121. The molecule has 0 radical (unpaired) electrons. The third-order valence-corrected chi connectivity index (χ3v) is 7.59. The molecule has 1 aliphatic rings. The summed E-state index contributed by atoms with van der Waals surface area (Å²) in [4.78, 5) is 12.6. The highest BCUT2D eigenvalue weighted by molar-refractivity contribution is 7.21. The van der Waals surface area contributed by atoms with Gasteiger partial charge in [-0.1, -0.05) is 23.2 Å². The van der Waals surface area contributed by atoms with Gasteiger partial charge in [0.05, 0.1) is 45.8 Å². The number of para-hydroxylation sites is 1. The molecular formula is C26H27N6O3S+. The molecule has 1 saturated carbocycles. The van der Waals surface area contributed by atoms with Crippen LogP contribution in [0.2, 0.25) is 0 Å². The molecule has 1 fully saturated rings. The molecule has 4 aromatic rings. The first-order valence-corrected chi connectivity index (χ1v) is 12.5. The minimum atomic E-state index is -1.15. The van der Waals surface area contributed by atoms with Crippen LogP contribution in [-0.4, -0.2) is 49.1 Å². The number of anilines is 3. The number of nitriles is 1. The van der Waals surface area contributed by atoms with Gasteiger partial charge in [-0.2, -0.15) is 5.26 Å². The highest BCUT2D eigenvalue weighted by Crippen LogP contribution is 2.38. The fourth-order valence-corrected chi connectivity index (χ4v) is 5.58. The van der Waals surface area contributed by atoms with Gasteiger partial charge in [-0.3, -0.25) is 0 Å². The third-order valence-electron chi connectivity index (χ3n) is 6.52. The van der Waals surface area contributed by atoms with E-state index in [9.17, 15) is 20.6 Å². The van der Waals surface area contributed by atoms with Gasteiger partial charge in [-0.15, -0.1) is 11.3 Å². The van der Waals surface area contributed by atoms with E-state index in [1.165, 1.54) is 11.3 Å². The first-order chi connectivity index (χ1) is 17.2. The van der Waals surface area contributed by atoms with Gasteiger partial charge < -0.3 is 20.6 Å². The van der Waals surface area contributed by atoms with E-state index in [2.05, 4.69) is 21.7 Å². The molecule has 1 aliphatic carbocycles. The number of hydrogen-bond acceptors (Lipinski definition) is 9. The molecular weight excluding hydrogens is 476 g/mol. The van der Waals surface area contributed by atoms with Crippen molar-refractivity contribution in [1.82, 2.24) is 9.97 Å². The average Bonchev–Trinajstić information content (AvgIpc) is 3.41. The molecule has 5 rings (SSSR count). The SMILES string of the molecule is CC(C)(O)[C@H]1C[C@@H](Nc2nc(Nc3cccc(C#N)c3)[nH+]cc2-c2nc3ccccc3s2)[C@H](O)[C@@H]1O. The summed E-state index contributed by atoms with van der Waals surface area (Å²) >= 11 is 1.52. The van der Waals surface area contributed by atoms with Crippen LogP contribution in [0.3, 0.4) is 0 Å². The number of hydrogen-bond donors (Lipinski definition) is 5. The molecule has 10 heteroatoms. The van der Waals surface area contributed by atoms with Crippen molar-refractivity contribution in [3.63, 3.8) is 0 Å². The van der Waals surface area contributed by atoms with Gasteiger partial charge >= 0.3 is 5.95 Å². The predicted octanol–water partition coefficient (Wildman–Crippen LogP) is 3.08. The molecule has 6 N–H and O–H groups in total. The standard InChI is InChI=1S/C26H26N6O3S/c1-26(2,35)17-11-19(22(34)21(17)33)30-23-16(24-31-18-8-3-4-9-20(18)36-24)13-28-25(32-23)29-15-7-5-6-14(10-15)12-27/h3-10,13,17,19,21-22,33-35H,11H2,1-2H3,(H2,28,29,30,32)/p+1/t17-,19+,21+,22-/m0/s1. The van der Waals surface area contributed by atoms with Crippen molar-refractivity contribution >= 4 is 39.0 Å². The van der Waals surface area contributed by atoms with E-state index in [4.69, 9.17) is 9.97 Å². The number of aliphatic hydroxyl groups excluding tert-OH is 2. The van der Waals surface area contributed by atoms with Crippen LogP contribution in [0.25, 0.3) is 20.8 Å². The molecule has 0 aliphatic heterocycles. The molecule has 2 aromatic carbocycles.